The van der Waals surface area contributed by atoms with Crippen molar-refractivity contribution in [2.75, 3.05) is 13.7 Å². The van der Waals surface area contributed by atoms with Crippen molar-refractivity contribution in [1.29, 1.82) is 0 Å². The van der Waals surface area contributed by atoms with Crippen molar-refractivity contribution >= 4 is 5.97 Å². The highest BCUT2D eigenvalue weighted by Crippen LogP contribution is 2.34. The molecule has 0 bridgehead atoms. The van der Waals surface area contributed by atoms with Gasteiger partial charge in [0, 0.05) is 18.2 Å². The van der Waals surface area contributed by atoms with Gasteiger partial charge in [-0.15, -0.1) is 0 Å². The number of fused-ring (bicyclic) bond motifs is 1. The van der Waals surface area contributed by atoms with E-state index in [0.717, 1.165) is 0 Å². The maximum absolute atomic E-state index is 11.0. The van der Waals surface area contributed by atoms with Crippen LogP contribution in [0.5, 0.6) is 11.5 Å². The average molecular weight is 223 g/mol. The number of phenols is 1. The van der Waals surface area contributed by atoms with Gasteiger partial charge in [-0.05, 0) is 18.1 Å². The van der Waals surface area contributed by atoms with Gasteiger partial charge in [-0.25, -0.2) is 0 Å². The van der Waals surface area contributed by atoms with Crippen LogP contribution in [0.15, 0.2) is 12.1 Å². The van der Waals surface area contributed by atoms with Crippen molar-refractivity contribution < 1.29 is 19.7 Å². The first-order valence-electron chi connectivity index (χ1n) is 4.99. The van der Waals surface area contributed by atoms with Gasteiger partial charge in [0.15, 0.2) is 0 Å². The third-order valence-electron chi connectivity index (χ3n) is 2.75. The van der Waals surface area contributed by atoms with Crippen LogP contribution in [-0.4, -0.2) is 29.8 Å². The Kier molecular flexibility index (Phi) is 2.70. The second-order valence-corrected chi connectivity index (χ2v) is 3.69. The number of aromatic hydroxyl groups is 1. The molecule has 3 N–H and O–H groups in total. The Morgan fingerprint density at radius 1 is 1.56 bits per heavy atom. The van der Waals surface area contributed by atoms with E-state index in [-0.39, 0.29) is 5.75 Å². The number of methoxy groups -OCH3 is 1. The van der Waals surface area contributed by atoms with Crippen LogP contribution < -0.4 is 10.1 Å². The van der Waals surface area contributed by atoms with Gasteiger partial charge in [-0.3, -0.25) is 4.79 Å². The summed E-state index contributed by atoms with van der Waals surface area (Å²) in [6.45, 7) is 0.545. The van der Waals surface area contributed by atoms with E-state index < -0.39 is 12.0 Å². The molecule has 0 radical (unpaired) electrons. The van der Waals surface area contributed by atoms with E-state index in [1.54, 1.807) is 6.07 Å². The number of hydrogen-bond acceptors (Lipinski definition) is 4. The van der Waals surface area contributed by atoms with Gasteiger partial charge in [0.1, 0.15) is 17.5 Å². The summed E-state index contributed by atoms with van der Waals surface area (Å²) in [5.41, 5.74) is 1.27. The highest BCUT2D eigenvalue weighted by atomic mass is 16.5. The Bertz CT molecular complexity index is 430. The van der Waals surface area contributed by atoms with Crippen molar-refractivity contribution in [1.82, 2.24) is 5.32 Å². The number of phenolic OH excluding ortho intramolecular Hbond substituents is 1. The fraction of sp³-hybridized carbons (Fsp3) is 0.364. The Balaban J connectivity index is 2.53. The van der Waals surface area contributed by atoms with Gasteiger partial charge in [0.05, 0.1) is 7.11 Å². The topological polar surface area (TPSA) is 78.8 Å². The summed E-state index contributed by atoms with van der Waals surface area (Å²) in [5, 5.41) is 21.7. The lowest BCUT2D eigenvalue weighted by atomic mass is 9.93. The summed E-state index contributed by atoms with van der Waals surface area (Å²) < 4.78 is 5.01. The molecule has 1 aromatic rings. The highest BCUT2D eigenvalue weighted by molar-refractivity contribution is 5.77. The zero-order chi connectivity index (χ0) is 11.7. The quantitative estimate of drug-likeness (QED) is 0.687. The highest BCUT2D eigenvalue weighted by Gasteiger charge is 2.28. The van der Waals surface area contributed by atoms with Gasteiger partial charge in [-0.1, -0.05) is 0 Å². The first-order valence-corrected chi connectivity index (χ1v) is 4.99. The number of carboxylic acids is 1. The molecular formula is C11H13NO4. The average Bonchev–Trinajstić information content (AvgIpc) is 2.28. The van der Waals surface area contributed by atoms with Crippen molar-refractivity contribution in [3.63, 3.8) is 0 Å². The summed E-state index contributed by atoms with van der Waals surface area (Å²) in [4.78, 5) is 11.0. The van der Waals surface area contributed by atoms with Crippen molar-refractivity contribution in [2.24, 2.45) is 0 Å². The minimum atomic E-state index is -0.950. The predicted octanol–water partition coefficient (Wildman–Crippen LogP) is 0.672. The molecule has 1 atom stereocenters. The second-order valence-electron chi connectivity index (χ2n) is 3.69. The number of carboxylic acid groups (broad SMARTS) is 1. The van der Waals surface area contributed by atoms with Gasteiger partial charge in [-0.2, -0.15) is 0 Å². The Labute approximate surface area is 92.7 Å². The van der Waals surface area contributed by atoms with Crippen LogP contribution in [0.1, 0.15) is 17.2 Å². The molecule has 1 unspecified atom stereocenters. The van der Waals surface area contributed by atoms with Gasteiger partial charge < -0.3 is 20.3 Å². The van der Waals surface area contributed by atoms with Crippen LogP contribution in [-0.2, 0) is 11.2 Å². The van der Waals surface area contributed by atoms with E-state index in [2.05, 4.69) is 5.32 Å². The smallest absolute Gasteiger partial charge is 0.325 e. The summed E-state index contributed by atoms with van der Waals surface area (Å²) in [5.74, 6) is -0.387. The van der Waals surface area contributed by atoms with Crippen molar-refractivity contribution in [3.8, 4) is 11.5 Å². The molecule has 5 nitrogen and oxygen atoms in total. The van der Waals surface area contributed by atoms with E-state index in [9.17, 15) is 9.90 Å². The number of rotatable bonds is 2. The molecule has 0 amide bonds. The summed E-state index contributed by atoms with van der Waals surface area (Å²) in [7, 11) is 1.48. The van der Waals surface area contributed by atoms with E-state index in [4.69, 9.17) is 9.84 Å². The largest absolute Gasteiger partial charge is 0.508 e. The second kappa shape index (κ2) is 4.02. The Morgan fingerprint density at radius 2 is 2.31 bits per heavy atom. The first-order chi connectivity index (χ1) is 7.63. The normalized spacial score (nSPS) is 18.9. The molecule has 1 aliphatic heterocycles. The number of carbonyl (C=O) groups is 1. The maximum atomic E-state index is 11.0. The number of nitrogens with one attached hydrogen (secondary N) is 1. The van der Waals surface area contributed by atoms with E-state index in [0.29, 0.717) is 29.8 Å². The molecule has 0 saturated carbocycles. The van der Waals surface area contributed by atoms with Crippen molar-refractivity contribution in [2.45, 2.75) is 12.5 Å². The SMILES string of the molecule is COc1cc(O)c2c(c1)C(C(=O)O)NCC2. The van der Waals surface area contributed by atoms with Gasteiger partial charge in [0.2, 0.25) is 0 Å². The van der Waals surface area contributed by atoms with Crippen LogP contribution >= 0.6 is 0 Å². The third-order valence-corrected chi connectivity index (χ3v) is 2.75. The molecule has 0 spiro atoms. The van der Waals surface area contributed by atoms with E-state index in [1.165, 1.54) is 13.2 Å². The predicted molar refractivity (Wildman–Crippen MR) is 56.7 cm³/mol. The maximum Gasteiger partial charge on any atom is 0.325 e. The molecule has 1 heterocycles. The Hall–Kier alpha value is -1.75. The molecule has 0 saturated heterocycles. The summed E-state index contributed by atoms with van der Waals surface area (Å²) in [6, 6.07) is 2.38. The van der Waals surface area contributed by atoms with Crippen LogP contribution in [0, 0.1) is 0 Å². The van der Waals surface area contributed by atoms with E-state index in [1.807, 2.05) is 0 Å². The zero-order valence-corrected chi connectivity index (χ0v) is 8.86. The molecule has 0 aliphatic carbocycles. The summed E-state index contributed by atoms with van der Waals surface area (Å²) in [6.07, 6.45) is 0.620. The first kappa shape index (κ1) is 10.8. The fourth-order valence-corrected chi connectivity index (χ4v) is 1.97. The van der Waals surface area contributed by atoms with Crippen LogP contribution in [0.25, 0.3) is 0 Å². The minimum Gasteiger partial charge on any atom is -0.508 e. The number of aliphatic carboxylic acids is 1. The number of benzene rings is 1. The minimum absolute atomic E-state index is 0.0992. The zero-order valence-electron chi connectivity index (χ0n) is 8.86. The van der Waals surface area contributed by atoms with Crippen LogP contribution in [0.2, 0.25) is 0 Å². The number of hydrogen-bond donors (Lipinski definition) is 3. The molecule has 1 aliphatic rings. The van der Waals surface area contributed by atoms with E-state index >= 15 is 0 Å². The molecule has 1 aromatic carbocycles. The van der Waals surface area contributed by atoms with Gasteiger partial charge >= 0.3 is 5.97 Å². The molecule has 5 heteroatoms. The van der Waals surface area contributed by atoms with Crippen LogP contribution in [0.3, 0.4) is 0 Å². The lowest BCUT2D eigenvalue weighted by Crippen LogP contribution is -2.35. The van der Waals surface area contributed by atoms with Crippen molar-refractivity contribution in [3.05, 3.63) is 23.3 Å². The summed E-state index contributed by atoms with van der Waals surface area (Å²) >= 11 is 0. The fourth-order valence-electron chi connectivity index (χ4n) is 1.97. The van der Waals surface area contributed by atoms with Crippen LogP contribution in [0.4, 0.5) is 0 Å². The molecule has 0 fully saturated rings. The Morgan fingerprint density at radius 3 is 2.94 bits per heavy atom. The molecule has 86 valence electrons. The third kappa shape index (κ3) is 1.69. The lowest BCUT2D eigenvalue weighted by molar-refractivity contribution is -0.139. The van der Waals surface area contributed by atoms with Gasteiger partial charge in [0.25, 0.3) is 0 Å². The molecule has 16 heavy (non-hydrogen) atoms. The lowest BCUT2D eigenvalue weighted by Gasteiger charge is -2.25. The molecule has 2 rings (SSSR count). The molecule has 0 aromatic heterocycles. The number of ether oxygens (including phenoxy) is 1. The monoisotopic (exact) mass is 223 g/mol. The molecular weight excluding hydrogens is 210 g/mol. The standard InChI is InChI=1S/C11H13NO4/c1-16-6-4-8-7(9(13)5-6)2-3-12-10(8)11(14)15/h4-5,10,12-13H,2-3H2,1H3,(H,14,15).